The fourth-order valence-corrected chi connectivity index (χ4v) is 0. The molecule has 0 unspecified atom stereocenters. The van der Waals surface area contributed by atoms with Crippen LogP contribution in [0.25, 0.3) is 0 Å². The van der Waals surface area contributed by atoms with E-state index in [9.17, 15) is 0 Å². The zero-order valence-electron chi connectivity index (χ0n) is 7.28. The van der Waals surface area contributed by atoms with E-state index in [2.05, 4.69) is 0 Å². The van der Waals surface area contributed by atoms with Crippen LogP contribution in [0.5, 0.6) is 0 Å². The monoisotopic (exact) mass is 859 g/mol. The van der Waals surface area contributed by atoms with Crippen molar-refractivity contribution >= 4 is 56.9 Å². The third kappa shape index (κ3) is 526. The summed E-state index contributed by atoms with van der Waals surface area (Å²) in [6, 6.07) is 0. The summed E-state index contributed by atoms with van der Waals surface area (Å²) in [5.41, 5.74) is 0. The van der Waals surface area contributed by atoms with Crippen molar-refractivity contribution in [2.24, 2.45) is 0 Å². The molecule has 96 valence electrons. The van der Waals surface area contributed by atoms with Gasteiger partial charge in [-0.1, -0.05) is 0 Å². The fraction of sp³-hybridized carbons (Fsp3) is 0. The normalized spacial score (nSPS) is 10.2. The van der Waals surface area contributed by atoms with E-state index in [0.717, 1.165) is 0 Å². The van der Waals surface area contributed by atoms with E-state index in [4.69, 9.17) is 39.5 Å². The summed E-state index contributed by atoms with van der Waals surface area (Å²) in [5.74, 6) is 0. The molecule has 0 bridgehead atoms. The molecule has 0 aromatic heterocycles. The maximum Gasteiger partial charge on any atom is 3.00 e. The number of rotatable bonds is 0. The van der Waals surface area contributed by atoms with Crippen molar-refractivity contribution in [1.82, 2.24) is 0 Å². The molecule has 0 atom stereocenters. The molecule has 0 rings (SSSR count). The molecule has 17 heavy (non-hydrogen) atoms. The molecule has 0 saturated heterocycles. The van der Waals surface area contributed by atoms with Gasteiger partial charge < -0.3 is 0 Å². The first-order valence-electron chi connectivity index (χ1n) is 2.00. The Kier molecular flexibility index (Phi) is 27.1. The van der Waals surface area contributed by atoms with Crippen molar-refractivity contribution in [2.45, 2.75) is 0 Å². The van der Waals surface area contributed by atoms with Gasteiger partial charge in [-0.25, -0.2) is 0 Å². The second kappa shape index (κ2) is 14.3. The van der Waals surface area contributed by atoms with Crippen LogP contribution >= 0.6 is 0 Å². The molecule has 0 aliphatic carbocycles. The van der Waals surface area contributed by atoms with Crippen LogP contribution in [0.2, 0.25) is 0 Å². The smallest absolute Gasteiger partial charge is 3.00 e. The van der Waals surface area contributed by atoms with Gasteiger partial charge in [-0.15, -0.1) is 0 Å². The zero-order valence-corrected chi connectivity index (χ0v) is 21.5. The van der Waals surface area contributed by atoms with E-state index < -0.39 is 56.9 Å². The average molecular weight is 853 g/mol. The first-order valence-corrected chi connectivity index (χ1v) is 13.4. The SMILES string of the molecule is O=[Te](=O)([O-])[O-].O=[Te](=O)([O-])[O-].O=[Te](=O)([O-])[O-].[La+3].[La+3]. The molecule has 17 heteroatoms. The second-order valence-corrected chi connectivity index (χ2v) is 8.22. The topological polar surface area (TPSA) is 241 Å². The van der Waals surface area contributed by atoms with Crippen molar-refractivity contribution in [2.75, 3.05) is 0 Å². The minimum atomic E-state index is -6.02. The number of hydrogen-bond donors (Lipinski definition) is 0. The Morgan fingerprint density at radius 1 is 0.412 bits per heavy atom. The van der Waals surface area contributed by atoms with Crippen LogP contribution in [0.15, 0.2) is 0 Å². The van der Waals surface area contributed by atoms with E-state index in [0.29, 0.717) is 0 Å². The molecule has 0 saturated carbocycles. The molecule has 0 radical (unpaired) electrons. The molecule has 0 fully saturated rings. The summed E-state index contributed by atoms with van der Waals surface area (Å²) < 4.78 is 104. The van der Waals surface area contributed by atoms with Crippen LogP contribution in [0.4, 0.5) is 0 Å². The maximum atomic E-state index is 8.63. The summed E-state index contributed by atoms with van der Waals surface area (Å²) in [7, 11) is 0. The Bertz CT molecular complexity index is 341. The van der Waals surface area contributed by atoms with Gasteiger partial charge in [-0.05, 0) is 0 Å². The Hall–Kier alpha value is 3.32. The minimum Gasteiger partial charge on any atom is 3.00 e. The van der Waals surface area contributed by atoms with Crippen molar-refractivity contribution in [3.8, 4) is 0 Å². The molecule has 0 N–H and O–H groups in total. The van der Waals surface area contributed by atoms with Crippen LogP contribution in [-0.2, 0) is 18.6 Å². The molecule has 0 spiro atoms. The Balaban J connectivity index is -0.0000000400. The molecule has 0 aliphatic rings. The van der Waals surface area contributed by atoms with Crippen molar-refractivity contribution in [3.63, 3.8) is 0 Å². The molecule has 0 aromatic rings. The molecule has 12 nitrogen and oxygen atoms in total. The fourth-order valence-electron chi connectivity index (χ4n) is 0. The standard InChI is InChI=1S/2La.3H2O4Te/c;;3*1-5(2,3)4/h;;3*(H2,1,2,3,4)/q2*+3;;;/p-6. The largest absolute Gasteiger partial charge is 3.00 e. The van der Waals surface area contributed by atoms with Crippen LogP contribution in [-0.4, -0.2) is 56.9 Å². The van der Waals surface area contributed by atoms with Gasteiger partial charge in [0.2, 0.25) is 0 Å². The Labute approximate surface area is 164 Å². The van der Waals surface area contributed by atoms with Crippen molar-refractivity contribution in [1.29, 1.82) is 0 Å². The molecule has 0 heterocycles. The first kappa shape index (κ1) is 32.3. The van der Waals surface area contributed by atoms with E-state index in [-0.39, 0.29) is 71.2 Å². The van der Waals surface area contributed by atoms with E-state index >= 15 is 0 Å². The first-order chi connectivity index (χ1) is 6.00. The van der Waals surface area contributed by atoms with Crippen LogP contribution < -0.4 is 20.8 Å². The molecular weight excluding hydrogens is 853 g/mol. The average Bonchev–Trinajstić information content (AvgIpc) is 1.41. The third-order valence-electron chi connectivity index (χ3n) is 0. The van der Waals surface area contributed by atoms with Crippen LogP contribution in [0, 0.1) is 71.2 Å². The summed E-state index contributed by atoms with van der Waals surface area (Å²) in [4.78, 5) is 0. The van der Waals surface area contributed by atoms with Crippen molar-refractivity contribution in [3.05, 3.63) is 0 Å². The maximum absolute atomic E-state index is 8.63. The molecule has 0 aromatic carbocycles. The van der Waals surface area contributed by atoms with Crippen LogP contribution in [0.1, 0.15) is 0 Å². The quantitative estimate of drug-likeness (QED) is 0.207. The van der Waals surface area contributed by atoms with E-state index in [1.165, 1.54) is 0 Å². The zero-order chi connectivity index (χ0) is 13.5. The summed E-state index contributed by atoms with van der Waals surface area (Å²) in [6.45, 7) is 0. The molecule has 0 amide bonds. The summed E-state index contributed by atoms with van der Waals surface area (Å²) in [6.07, 6.45) is 0. The van der Waals surface area contributed by atoms with E-state index in [1.807, 2.05) is 0 Å². The van der Waals surface area contributed by atoms with Crippen LogP contribution in [0.3, 0.4) is 0 Å². The predicted molar refractivity (Wildman–Crippen MR) is 21.4 cm³/mol. The van der Waals surface area contributed by atoms with Gasteiger partial charge in [0, 0.05) is 0 Å². The van der Waals surface area contributed by atoms with Gasteiger partial charge in [0.05, 0.1) is 0 Å². The number of hydrogen-bond acceptors (Lipinski definition) is 12. The van der Waals surface area contributed by atoms with Gasteiger partial charge >= 0.3 is 168 Å². The van der Waals surface area contributed by atoms with Gasteiger partial charge in [0.1, 0.15) is 0 Å². The minimum absolute atomic E-state index is 0. The predicted octanol–water partition coefficient (Wildman–Crippen LogP) is -8.99. The Morgan fingerprint density at radius 2 is 0.412 bits per heavy atom. The third-order valence-corrected chi connectivity index (χ3v) is 0. The van der Waals surface area contributed by atoms with Gasteiger partial charge in [0.25, 0.3) is 0 Å². The molecule has 0 aliphatic heterocycles. The van der Waals surface area contributed by atoms with Gasteiger partial charge in [-0.2, -0.15) is 0 Å². The molecular formula is La2O12Te3. The summed E-state index contributed by atoms with van der Waals surface area (Å²) >= 11 is -18.1. The summed E-state index contributed by atoms with van der Waals surface area (Å²) in [5, 5.41) is 0. The Morgan fingerprint density at radius 3 is 0.412 bits per heavy atom. The van der Waals surface area contributed by atoms with Crippen molar-refractivity contribution < 1.29 is 111 Å². The van der Waals surface area contributed by atoms with Gasteiger partial charge in [-0.3, -0.25) is 0 Å². The van der Waals surface area contributed by atoms with Gasteiger partial charge in [0.15, 0.2) is 0 Å². The van der Waals surface area contributed by atoms with E-state index in [1.54, 1.807) is 0 Å². The second-order valence-electron chi connectivity index (χ2n) is 1.22.